The maximum atomic E-state index is 10.9. The van der Waals surface area contributed by atoms with Crippen LogP contribution in [0.3, 0.4) is 0 Å². The molecule has 1 atom stereocenters. The van der Waals surface area contributed by atoms with Crippen molar-refractivity contribution in [2.75, 3.05) is 11.4 Å². The number of anilines is 1. The molecule has 1 heterocycles. The predicted molar refractivity (Wildman–Crippen MR) is 74.8 cm³/mol. The molecule has 104 valence electrons. The summed E-state index contributed by atoms with van der Waals surface area (Å²) in [5.74, 6) is 0.106. The monoisotopic (exact) mass is 263 g/mol. The van der Waals surface area contributed by atoms with Crippen LogP contribution in [-0.2, 0) is 4.79 Å². The third-order valence-electron chi connectivity index (χ3n) is 3.32. The molecule has 1 aromatic carbocycles. The van der Waals surface area contributed by atoms with Gasteiger partial charge < -0.3 is 14.7 Å². The van der Waals surface area contributed by atoms with Crippen molar-refractivity contribution in [2.45, 2.75) is 45.3 Å². The molecule has 0 radical (unpaired) electrons. The standard InChI is InChI=1S/C15H21NO3/c1-11(2)19-14-8-4-3-7-13(14)16-9-5-6-12(16)10-15(17)18/h3-4,7-8,11-12H,5-6,9-10H2,1-2H3,(H,17,18). The quantitative estimate of drug-likeness (QED) is 0.887. The highest BCUT2D eigenvalue weighted by molar-refractivity contribution is 5.69. The van der Waals surface area contributed by atoms with Crippen LogP contribution in [0.2, 0.25) is 0 Å². The molecule has 1 saturated heterocycles. The highest BCUT2D eigenvalue weighted by atomic mass is 16.5. The first-order valence-corrected chi connectivity index (χ1v) is 6.82. The molecule has 0 aliphatic carbocycles. The SMILES string of the molecule is CC(C)Oc1ccccc1N1CCCC1CC(=O)O. The van der Waals surface area contributed by atoms with Crippen LogP contribution in [0, 0.1) is 0 Å². The molecule has 1 aliphatic rings. The second-order valence-corrected chi connectivity index (χ2v) is 5.22. The lowest BCUT2D eigenvalue weighted by atomic mass is 10.1. The molecule has 4 heteroatoms. The molecule has 1 aliphatic heterocycles. The van der Waals surface area contributed by atoms with Gasteiger partial charge in [0.15, 0.2) is 0 Å². The number of hydrogen-bond donors (Lipinski definition) is 1. The Labute approximate surface area is 114 Å². The van der Waals surface area contributed by atoms with Crippen LogP contribution in [0.4, 0.5) is 5.69 Å². The van der Waals surface area contributed by atoms with Crippen molar-refractivity contribution < 1.29 is 14.6 Å². The van der Waals surface area contributed by atoms with E-state index in [1.54, 1.807) is 0 Å². The number of nitrogens with zero attached hydrogens (tertiary/aromatic N) is 1. The van der Waals surface area contributed by atoms with Gasteiger partial charge >= 0.3 is 5.97 Å². The number of aliphatic carboxylic acids is 1. The van der Waals surface area contributed by atoms with Crippen LogP contribution >= 0.6 is 0 Å². The van der Waals surface area contributed by atoms with Crippen molar-refractivity contribution in [3.63, 3.8) is 0 Å². The van der Waals surface area contributed by atoms with E-state index in [4.69, 9.17) is 9.84 Å². The summed E-state index contributed by atoms with van der Waals surface area (Å²) in [7, 11) is 0. The van der Waals surface area contributed by atoms with Crippen molar-refractivity contribution in [1.82, 2.24) is 0 Å². The lowest BCUT2D eigenvalue weighted by molar-refractivity contribution is -0.137. The van der Waals surface area contributed by atoms with Crippen LogP contribution in [0.15, 0.2) is 24.3 Å². The maximum absolute atomic E-state index is 10.9. The van der Waals surface area contributed by atoms with Crippen molar-refractivity contribution in [1.29, 1.82) is 0 Å². The van der Waals surface area contributed by atoms with E-state index in [0.29, 0.717) is 0 Å². The normalized spacial score (nSPS) is 18.9. The van der Waals surface area contributed by atoms with Crippen LogP contribution in [0.1, 0.15) is 33.1 Å². The zero-order valence-electron chi connectivity index (χ0n) is 11.5. The number of carboxylic acids is 1. The average Bonchev–Trinajstić information content (AvgIpc) is 2.76. The van der Waals surface area contributed by atoms with Gasteiger partial charge in [0.2, 0.25) is 0 Å². The second kappa shape index (κ2) is 5.95. The Morgan fingerprint density at radius 3 is 2.89 bits per heavy atom. The largest absolute Gasteiger partial charge is 0.489 e. The van der Waals surface area contributed by atoms with Gasteiger partial charge in [-0.15, -0.1) is 0 Å². The van der Waals surface area contributed by atoms with Gasteiger partial charge in [0.25, 0.3) is 0 Å². The summed E-state index contributed by atoms with van der Waals surface area (Å²) in [6.45, 7) is 4.89. The number of hydrogen-bond acceptors (Lipinski definition) is 3. The van der Waals surface area contributed by atoms with Gasteiger partial charge in [-0.25, -0.2) is 0 Å². The number of para-hydroxylation sites is 2. The Bertz CT molecular complexity index is 445. The summed E-state index contributed by atoms with van der Waals surface area (Å²) in [4.78, 5) is 13.1. The topological polar surface area (TPSA) is 49.8 Å². The molecule has 1 fully saturated rings. The van der Waals surface area contributed by atoms with Gasteiger partial charge in [-0.3, -0.25) is 4.79 Å². The van der Waals surface area contributed by atoms with E-state index in [0.717, 1.165) is 30.8 Å². The maximum Gasteiger partial charge on any atom is 0.305 e. The van der Waals surface area contributed by atoms with Crippen LogP contribution in [0.5, 0.6) is 5.75 Å². The lowest BCUT2D eigenvalue weighted by Crippen LogP contribution is -2.31. The van der Waals surface area contributed by atoms with E-state index < -0.39 is 5.97 Å². The highest BCUT2D eigenvalue weighted by Crippen LogP contribution is 2.35. The van der Waals surface area contributed by atoms with E-state index in [1.807, 2.05) is 38.1 Å². The van der Waals surface area contributed by atoms with E-state index >= 15 is 0 Å². The van der Waals surface area contributed by atoms with Crippen LogP contribution in [-0.4, -0.2) is 29.8 Å². The minimum Gasteiger partial charge on any atom is -0.489 e. The molecular weight excluding hydrogens is 242 g/mol. The highest BCUT2D eigenvalue weighted by Gasteiger charge is 2.28. The predicted octanol–water partition coefficient (Wildman–Crippen LogP) is 2.92. The molecule has 4 nitrogen and oxygen atoms in total. The van der Waals surface area contributed by atoms with Gasteiger partial charge in [0.1, 0.15) is 5.75 Å². The van der Waals surface area contributed by atoms with E-state index in [2.05, 4.69) is 4.90 Å². The Kier molecular flexibility index (Phi) is 4.30. The molecule has 0 aromatic heterocycles. The van der Waals surface area contributed by atoms with Crippen LogP contribution < -0.4 is 9.64 Å². The first kappa shape index (κ1) is 13.7. The summed E-state index contributed by atoms with van der Waals surface area (Å²) in [5.41, 5.74) is 1.01. The number of carbonyl (C=O) groups is 1. The smallest absolute Gasteiger partial charge is 0.305 e. The molecule has 1 unspecified atom stereocenters. The fourth-order valence-corrected chi connectivity index (χ4v) is 2.61. The Hall–Kier alpha value is -1.71. The van der Waals surface area contributed by atoms with Crippen molar-refractivity contribution in [3.05, 3.63) is 24.3 Å². The van der Waals surface area contributed by atoms with E-state index in [-0.39, 0.29) is 18.6 Å². The fraction of sp³-hybridized carbons (Fsp3) is 0.533. The number of carboxylic acid groups (broad SMARTS) is 1. The lowest BCUT2D eigenvalue weighted by Gasteiger charge is -2.28. The molecule has 0 amide bonds. The summed E-state index contributed by atoms with van der Waals surface area (Å²) in [6.07, 6.45) is 2.27. The Morgan fingerprint density at radius 1 is 1.47 bits per heavy atom. The molecule has 0 saturated carbocycles. The summed E-state index contributed by atoms with van der Waals surface area (Å²) < 4.78 is 5.82. The molecule has 2 rings (SSSR count). The third kappa shape index (κ3) is 3.40. The minimum atomic E-state index is -0.737. The number of ether oxygens (including phenoxy) is 1. The molecule has 1 N–H and O–H groups in total. The van der Waals surface area contributed by atoms with Gasteiger partial charge in [0, 0.05) is 12.6 Å². The summed E-state index contributed by atoms with van der Waals surface area (Å²) >= 11 is 0. The fourth-order valence-electron chi connectivity index (χ4n) is 2.61. The zero-order chi connectivity index (χ0) is 13.8. The van der Waals surface area contributed by atoms with Crippen molar-refractivity contribution in [3.8, 4) is 5.75 Å². The summed E-state index contributed by atoms with van der Waals surface area (Å²) in [6, 6.07) is 7.96. The Balaban J connectivity index is 2.22. The van der Waals surface area contributed by atoms with Gasteiger partial charge in [0.05, 0.1) is 18.2 Å². The Morgan fingerprint density at radius 2 is 2.21 bits per heavy atom. The van der Waals surface area contributed by atoms with Gasteiger partial charge in [-0.1, -0.05) is 12.1 Å². The van der Waals surface area contributed by atoms with Gasteiger partial charge in [-0.2, -0.15) is 0 Å². The van der Waals surface area contributed by atoms with Crippen molar-refractivity contribution in [2.24, 2.45) is 0 Å². The van der Waals surface area contributed by atoms with E-state index in [1.165, 1.54) is 0 Å². The molecule has 1 aromatic rings. The molecule has 19 heavy (non-hydrogen) atoms. The zero-order valence-corrected chi connectivity index (χ0v) is 11.5. The van der Waals surface area contributed by atoms with Gasteiger partial charge in [-0.05, 0) is 38.8 Å². The first-order valence-electron chi connectivity index (χ1n) is 6.82. The van der Waals surface area contributed by atoms with Crippen LogP contribution in [0.25, 0.3) is 0 Å². The number of rotatable bonds is 5. The van der Waals surface area contributed by atoms with E-state index in [9.17, 15) is 4.79 Å². The molecular formula is C15H21NO3. The molecule has 0 bridgehead atoms. The average molecular weight is 263 g/mol. The first-order chi connectivity index (χ1) is 9.08. The third-order valence-corrected chi connectivity index (χ3v) is 3.32. The van der Waals surface area contributed by atoms with Crippen molar-refractivity contribution >= 4 is 11.7 Å². The second-order valence-electron chi connectivity index (χ2n) is 5.22. The minimum absolute atomic E-state index is 0.0782. The summed E-state index contributed by atoms with van der Waals surface area (Å²) in [5, 5.41) is 9.00. The number of benzene rings is 1. The molecule has 0 spiro atoms.